The monoisotopic (exact) mass is 619 g/mol. The Labute approximate surface area is 241 Å². The maximum absolute atomic E-state index is 13.2. The lowest BCUT2D eigenvalue weighted by Crippen LogP contribution is -2.21. The number of aromatic carboxylic acids is 1. The van der Waals surface area contributed by atoms with Gasteiger partial charge in [-0.05, 0) is 59.7 Å². The molecule has 0 aliphatic rings. The predicted octanol–water partition coefficient (Wildman–Crippen LogP) is 5.32. The number of nitrogens with one attached hydrogen (secondary N) is 1. The molecule has 4 rings (SSSR count). The molecule has 10 nitrogen and oxygen atoms in total. The molecule has 0 saturated heterocycles. The number of hydrogen-bond acceptors (Lipinski definition) is 7. The highest BCUT2D eigenvalue weighted by atomic mass is 32.2. The summed E-state index contributed by atoms with van der Waals surface area (Å²) in [7, 11) is -4.16. The van der Waals surface area contributed by atoms with Gasteiger partial charge in [0.05, 0.1) is 15.5 Å². The van der Waals surface area contributed by atoms with Gasteiger partial charge in [0.15, 0.2) is 5.75 Å². The number of carbonyl (C=O) groups is 2. The van der Waals surface area contributed by atoms with Crippen LogP contribution in [-0.2, 0) is 14.6 Å². The van der Waals surface area contributed by atoms with Gasteiger partial charge in [-0.15, -0.1) is 0 Å². The molecule has 0 bridgehead atoms. The fraction of sp³-hybridized carbons (Fsp3) is 0.0357. The van der Waals surface area contributed by atoms with Crippen molar-refractivity contribution in [3.05, 3.63) is 102 Å². The van der Waals surface area contributed by atoms with Gasteiger partial charge in [0, 0.05) is 5.56 Å². The highest BCUT2D eigenvalue weighted by molar-refractivity contribution is 7.91. The first-order chi connectivity index (χ1) is 20.0. The van der Waals surface area contributed by atoms with Crippen molar-refractivity contribution in [2.24, 2.45) is 5.73 Å². The lowest BCUT2D eigenvalue weighted by Gasteiger charge is -2.14. The van der Waals surface area contributed by atoms with E-state index < -0.39 is 39.3 Å². The standard InChI is InChI=1S/C26H20FN3O5S.C2HF3O2/c27-18-7-11-20(12-8-18)36(33,34)21-13-22(26(31)32)24(23(28)14-21)35-19-9-5-16(6-10-19)15-1-3-17(4-2-15)25(29)30;3-2(4,5)1(6)7/h1-14H,28H2,(H3,29,30)(H,31,32);(H,6,7). The number of carboxylic acids is 2. The number of aliphatic carboxylic acids is 1. The molecule has 0 amide bonds. The number of alkyl halides is 3. The Morgan fingerprint density at radius 1 is 0.814 bits per heavy atom. The van der Waals surface area contributed by atoms with Gasteiger partial charge in [-0.25, -0.2) is 22.4 Å². The highest BCUT2D eigenvalue weighted by Gasteiger charge is 2.38. The second-order valence-electron chi connectivity index (χ2n) is 8.57. The average molecular weight is 620 g/mol. The van der Waals surface area contributed by atoms with Crippen molar-refractivity contribution in [3.63, 3.8) is 0 Å². The third-order valence-corrected chi connectivity index (χ3v) is 7.35. The minimum absolute atomic E-state index is 0.0337. The third-order valence-electron chi connectivity index (χ3n) is 5.60. The van der Waals surface area contributed by atoms with Crippen LogP contribution in [0, 0.1) is 11.2 Å². The number of anilines is 1. The zero-order valence-corrected chi connectivity index (χ0v) is 22.4. The van der Waals surface area contributed by atoms with Crippen molar-refractivity contribution < 1.29 is 50.5 Å². The second kappa shape index (κ2) is 12.6. The van der Waals surface area contributed by atoms with Gasteiger partial charge in [0.2, 0.25) is 9.84 Å². The van der Waals surface area contributed by atoms with E-state index in [-0.39, 0.29) is 32.8 Å². The molecule has 4 aromatic carbocycles. The quantitative estimate of drug-likeness (QED) is 0.0599. The number of benzene rings is 4. The Balaban J connectivity index is 0.000000646. The van der Waals surface area contributed by atoms with Crippen LogP contribution in [0.15, 0.2) is 94.7 Å². The highest BCUT2D eigenvalue weighted by Crippen LogP contribution is 2.36. The minimum Gasteiger partial charge on any atom is -0.478 e. The molecule has 0 fully saturated rings. The largest absolute Gasteiger partial charge is 0.490 e. The zero-order chi connectivity index (χ0) is 32.1. The first-order valence-electron chi connectivity index (χ1n) is 11.7. The summed E-state index contributed by atoms with van der Waals surface area (Å²) in [5.41, 5.74) is 13.2. The van der Waals surface area contributed by atoms with Gasteiger partial charge in [-0.2, -0.15) is 13.2 Å². The summed E-state index contributed by atoms with van der Waals surface area (Å²) in [6.45, 7) is 0. The van der Waals surface area contributed by atoms with Crippen LogP contribution in [0.4, 0.5) is 23.2 Å². The first kappa shape index (κ1) is 32.1. The number of carboxylic acid groups (broad SMARTS) is 2. The molecule has 0 radical (unpaired) electrons. The van der Waals surface area contributed by atoms with Crippen LogP contribution in [0.1, 0.15) is 15.9 Å². The van der Waals surface area contributed by atoms with E-state index >= 15 is 0 Å². The van der Waals surface area contributed by atoms with Gasteiger partial charge < -0.3 is 26.4 Å². The summed E-state index contributed by atoms with van der Waals surface area (Å²) < 4.78 is 76.6. The molecule has 43 heavy (non-hydrogen) atoms. The number of sulfone groups is 1. The van der Waals surface area contributed by atoms with Crippen LogP contribution in [0.3, 0.4) is 0 Å². The first-order valence-corrected chi connectivity index (χ1v) is 13.2. The van der Waals surface area contributed by atoms with Crippen LogP contribution >= 0.6 is 0 Å². The van der Waals surface area contributed by atoms with Crippen LogP contribution in [0.2, 0.25) is 0 Å². The zero-order valence-electron chi connectivity index (χ0n) is 21.6. The molecule has 0 spiro atoms. The van der Waals surface area contributed by atoms with Gasteiger partial charge in [-0.3, -0.25) is 5.41 Å². The Kier molecular flexibility index (Phi) is 9.40. The number of nitrogens with two attached hydrogens (primary N) is 2. The normalized spacial score (nSPS) is 11.2. The molecular weight excluding hydrogens is 598 g/mol. The molecular formula is C28H21F4N3O7S. The van der Waals surface area contributed by atoms with Crippen molar-refractivity contribution in [3.8, 4) is 22.6 Å². The topological polar surface area (TPSA) is 194 Å². The SMILES string of the molecule is N=C(N)c1ccc(-c2ccc(Oc3c(N)cc(S(=O)(=O)c4ccc(F)cc4)cc3C(=O)O)cc2)cc1.O=C(O)C(F)(F)F. The minimum atomic E-state index is -5.08. The van der Waals surface area contributed by atoms with E-state index in [1.807, 2.05) is 12.1 Å². The van der Waals surface area contributed by atoms with E-state index in [1.54, 1.807) is 36.4 Å². The molecule has 0 aliphatic heterocycles. The van der Waals surface area contributed by atoms with E-state index in [0.29, 0.717) is 5.56 Å². The fourth-order valence-electron chi connectivity index (χ4n) is 3.48. The predicted molar refractivity (Wildman–Crippen MR) is 146 cm³/mol. The Morgan fingerprint density at radius 3 is 1.74 bits per heavy atom. The molecule has 7 N–H and O–H groups in total. The van der Waals surface area contributed by atoms with E-state index in [2.05, 4.69) is 0 Å². The lowest BCUT2D eigenvalue weighted by molar-refractivity contribution is -0.192. The summed E-state index contributed by atoms with van der Waals surface area (Å²) in [5, 5.41) is 24.3. The molecule has 0 aromatic heterocycles. The molecule has 0 atom stereocenters. The fourth-order valence-corrected chi connectivity index (χ4v) is 4.80. The number of amidine groups is 1. The van der Waals surface area contributed by atoms with E-state index in [9.17, 15) is 35.9 Å². The maximum Gasteiger partial charge on any atom is 0.490 e. The summed E-state index contributed by atoms with van der Waals surface area (Å²) in [4.78, 5) is 20.3. The molecule has 4 aromatic rings. The summed E-state index contributed by atoms with van der Waals surface area (Å²) in [6.07, 6.45) is -5.08. The molecule has 224 valence electrons. The Bertz CT molecular complexity index is 1780. The third kappa shape index (κ3) is 7.85. The second-order valence-corrected chi connectivity index (χ2v) is 10.5. The summed E-state index contributed by atoms with van der Waals surface area (Å²) >= 11 is 0. The van der Waals surface area contributed by atoms with Crippen LogP contribution in [0.5, 0.6) is 11.5 Å². The number of ether oxygens (including phenoxy) is 1. The van der Waals surface area contributed by atoms with Crippen LogP contribution in [0.25, 0.3) is 11.1 Å². The number of halogens is 4. The molecule has 0 saturated carbocycles. The van der Waals surface area contributed by atoms with Crippen LogP contribution in [-0.4, -0.2) is 42.6 Å². The average Bonchev–Trinajstić information content (AvgIpc) is 2.94. The Morgan fingerprint density at radius 2 is 1.30 bits per heavy atom. The van der Waals surface area contributed by atoms with Gasteiger partial charge in [0.1, 0.15) is 23.0 Å². The molecule has 0 aliphatic carbocycles. The van der Waals surface area contributed by atoms with E-state index in [0.717, 1.165) is 47.5 Å². The van der Waals surface area contributed by atoms with Gasteiger partial charge >= 0.3 is 18.1 Å². The maximum atomic E-state index is 13.2. The smallest absolute Gasteiger partial charge is 0.478 e. The number of nitrogen functional groups attached to an aromatic ring is 2. The summed E-state index contributed by atoms with van der Waals surface area (Å²) in [6, 6.07) is 20.0. The van der Waals surface area contributed by atoms with Crippen LogP contribution < -0.4 is 16.2 Å². The van der Waals surface area contributed by atoms with Crippen molar-refractivity contribution in [1.29, 1.82) is 5.41 Å². The van der Waals surface area contributed by atoms with Crippen molar-refractivity contribution in [1.82, 2.24) is 0 Å². The van der Waals surface area contributed by atoms with Crippen molar-refractivity contribution in [2.45, 2.75) is 16.0 Å². The Hall–Kier alpha value is -5.44. The molecule has 15 heteroatoms. The van der Waals surface area contributed by atoms with Gasteiger partial charge in [-0.1, -0.05) is 36.4 Å². The molecule has 0 unspecified atom stereocenters. The number of hydrogen-bond donors (Lipinski definition) is 5. The molecule has 0 heterocycles. The van der Waals surface area contributed by atoms with E-state index in [4.69, 9.17) is 31.5 Å². The summed E-state index contributed by atoms with van der Waals surface area (Å²) in [5.74, 6) is -4.76. The van der Waals surface area contributed by atoms with Crippen molar-refractivity contribution in [2.75, 3.05) is 5.73 Å². The number of rotatable bonds is 7. The van der Waals surface area contributed by atoms with Crippen molar-refractivity contribution >= 4 is 33.3 Å². The lowest BCUT2D eigenvalue weighted by atomic mass is 10.0. The van der Waals surface area contributed by atoms with E-state index in [1.165, 1.54) is 0 Å². The van der Waals surface area contributed by atoms with Gasteiger partial charge in [0.25, 0.3) is 0 Å².